The Kier molecular flexibility index (Phi) is 5.28. The molecule has 8 nitrogen and oxygen atoms in total. The summed E-state index contributed by atoms with van der Waals surface area (Å²) in [7, 11) is 1.77. The SMILES string of the molecule is Cc1ccoc1C(=O)Nc1cccc(Nc2ccnc(-c3cc(C(=O)O)cn3C)c2)c1. The van der Waals surface area contributed by atoms with E-state index >= 15 is 0 Å². The van der Waals surface area contributed by atoms with Crippen molar-refractivity contribution in [3.05, 3.63) is 84.1 Å². The van der Waals surface area contributed by atoms with Gasteiger partial charge in [-0.1, -0.05) is 6.07 Å². The molecule has 3 heterocycles. The Labute approximate surface area is 178 Å². The number of aromatic carboxylic acids is 1. The first kappa shape index (κ1) is 20.0. The first-order valence-electron chi connectivity index (χ1n) is 9.49. The summed E-state index contributed by atoms with van der Waals surface area (Å²) in [5.41, 5.74) is 4.45. The van der Waals surface area contributed by atoms with Crippen LogP contribution in [0, 0.1) is 6.92 Å². The van der Waals surface area contributed by atoms with E-state index in [1.165, 1.54) is 6.26 Å². The molecule has 1 amide bonds. The molecule has 0 radical (unpaired) electrons. The summed E-state index contributed by atoms with van der Waals surface area (Å²) < 4.78 is 6.96. The lowest BCUT2D eigenvalue weighted by Gasteiger charge is -2.10. The summed E-state index contributed by atoms with van der Waals surface area (Å²) in [6.07, 6.45) is 4.68. The molecular weight excluding hydrogens is 396 g/mol. The molecule has 0 saturated carbocycles. The van der Waals surface area contributed by atoms with Gasteiger partial charge in [0.1, 0.15) is 0 Å². The van der Waals surface area contributed by atoms with Crippen LogP contribution < -0.4 is 10.6 Å². The van der Waals surface area contributed by atoms with Gasteiger partial charge in [0.05, 0.1) is 23.2 Å². The van der Waals surface area contributed by atoms with E-state index in [1.54, 1.807) is 48.3 Å². The summed E-state index contributed by atoms with van der Waals surface area (Å²) in [5, 5.41) is 15.3. The zero-order chi connectivity index (χ0) is 22.0. The Bertz CT molecular complexity index is 1270. The lowest BCUT2D eigenvalue weighted by molar-refractivity contribution is 0.0696. The molecule has 8 heteroatoms. The van der Waals surface area contributed by atoms with Gasteiger partial charge in [-0.05, 0) is 49.4 Å². The molecule has 0 aliphatic carbocycles. The summed E-state index contributed by atoms with van der Waals surface area (Å²) >= 11 is 0. The summed E-state index contributed by atoms with van der Waals surface area (Å²) in [4.78, 5) is 28.0. The number of hydrogen-bond donors (Lipinski definition) is 3. The van der Waals surface area contributed by atoms with Gasteiger partial charge in [0.25, 0.3) is 5.91 Å². The predicted molar refractivity (Wildman–Crippen MR) is 117 cm³/mol. The molecule has 4 aromatic rings. The van der Waals surface area contributed by atoms with Crippen LogP contribution in [-0.2, 0) is 7.05 Å². The van der Waals surface area contributed by atoms with Crippen molar-refractivity contribution in [3.8, 4) is 11.4 Å². The van der Waals surface area contributed by atoms with Gasteiger partial charge in [-0.25, -0.2) is 4.79 Å². The Morgan fingerprint density at radius 1 is 1.06 bits per heavy atom. The van der Waals surface area contributed by atoms with Gasteiger partial charge < -0.3 is 24.7 Å². The Hall–Kier alpha value is -4.33. The van der Waals surface area contributed by atoms with Crippen molar-refractivity contribution in [1.29, 1.82) is 0 Å². The fourth-order valence-corrected chi connectivity index (χ4v) is 3.22. The molecule has 3 N–H and O–H groups in total. The van der Waals surface area contributed by atoms with E-state index in [0.717, 1.165) is 16.9 Å². The third-order valence-corrected chi connectivity index (χ3v) is 4.75. The predicted octanol–water partition coefficient (Wildman–Crippen LogP) is 4.68. The number of carboxylic acid groups (broad SMARTS) is 1. The zero-order valence-corrected chi connectivity index (χ0v) is 16.9. The number of carbonyl (C=O) groups excluding carboxylic acids is 1. The second-order valence-corrected chi connectivity index (χ2v) is 7.05. The lowest BCUT2D eigenvalue weighted by atomic mass is 10.2. The van der Waals surface area contributed by atoms with Crippen LogP contribution in [0.5, 0.6) is 0 Å². The molecule has 0 spiro atoms. The third-order valence-electron chi connectivity index (χ3n) is 4.75. The number of carbonyl (C=O) groups is 2. The van der Waals surface area contributed by atoms with Crippen molar-refractivity contribution in [1.82, 2.24) is 9.55 Å². The number of carboxylic acids is 1. The van der Waals surface area contributed by atoms with Crippen molar-refractivity contribution in [2.24, 2.45) is 7.05 Å². The molecule has 0 unspecified atom stereocenters. The van der Waals surface area contributed by atoms with Crippen molar-refractivity contribution in [2.75, 3.05) is 10.6 Å². The minimum Gasteiger partial charge on any atom is -0.478 e. The molecule has 31 heavy (non-hydrogen) atoms. The highest BCUT2D eigenvalue weighted by atomic mass is 16.4. The van der Waals surface area contributed by atoms with Crippen LogP contribution in [0.15, 0.2) is 71.6 Å². The standard InChI is InChI=1S/C23H20N4O4/c1-14-7-9-31-21(14)22(28)26-17-5-3-4-16(11-17)25-18-6-8-24-19(12-18)20-10-15(23(29)30)13-27(20)2/h3-13H,1-2H3,(H,24,25)(H,26,28)(H,29,30). The molecule has 0 aliphatic heterocycles. The molecule has 1 aromatic carbocycles. The number of rotatable bonds is 6. The van der Waals surface area contributed by atoms with Crippen LogP contribution in [-0.4, -0.2) is 26.5 Å². The number of anilines is 3. The molecule has 0 saturated heterocycles. The molecule has 0 atom stereocenters. The highest BCUT2D eigenvalue weighted by Crippen LogP contribution is 2.25. The number of nitrogens with zero attached hydrogens (tertiary/aromatic N) is 2. The van der Waals surface area contributed by atoms with Crippen molar-refractivity contribution in [2.45, 2.75) is 6.92 Å². The van der Waals surface area contributed by atoms with Gasteiger partial charge in [-0.15, -0.1) is 0 Å². The molecular formula is C23H20N4O4. The molecule has 0 aliphatic rings. The van der Waals surface area contributed by atoms with Crippen LogP contribution in [0.1, 0.15) is 26.5 Å². The van der Waals surface area contributed by atoms with E-state index < -0.39 is 5.97 Å². The maximum Gasteiger partial charge on any atom is 0.337 e. The van der Waals surface area contributed by atoms with E-state index in [9.17, 15) is 14.7 Å². The van der Waals surface area contributed by atoms with Crippen molar-refractivity contribution >= 4 is 28.9 Å². The van der Waals surface area contributed by atoms with Gasteiger partial charge in [0.15, 0.2) is 5.76 Å². The number of hydrogen-bond acceptors (Lipinski definition) is 5. The minimum absolute atomic E-state index is 0.202. The second-order valence-electron chi connectivity index (χ2n) is 7.05. The molecule has 4 rings (SSSR count). The largest absolute Gasteiger partial charge is 0.478 e. The maximum absolute atomic E-state index is 12.4. The van der Waals surface area contributed by atoms with Gasteiger partial charge in [-0.3, -0.25) is 9.78 Å². The van der Waals surface area contributed by atoms with E-state index in [0.29, 0.717) is 17.1 Å². The van der Waals surface area contributed by atoms with Crippen molar-refractivity contribution in [3.63, 3.8) is 0 Å². The topological polar surface area (TPSA) is 109 Å². The van der Waals surface area contributed by atoms with Gasteiger partial charge in [-0.2, -0.15) is 0 Å². The molecule has 156 valence electrons. The number of pyridine rings is 1. The van der Waals surface area contributed by atoms with E-state index in [2.05, 4.69) is 15.6 Å². The quantitative estimate of drug-likeness (QED) is 0.421. The zero-order valence-electron chi connectivity index (χ0n) is 16.9. The number of amides is 1. The highest BCUT2D eigenvalue weighted by molar-refractivity contribution is 6.03. The monoisotopic (exact) mass is 416 g/mol. The normalized spacial score (nSPS) is 10.6. The van der Waals surface area contributed by atoms with E-state index in [1.807, 2.05) is 31.2 Å². The first-order valence-corrected chi connectivity index (χ1v) is 9.49. The Balaban J connectivity index is 1.53. The fourth-order valence-electron chi connectivity index (χ4n) is 3.22. The number of nitrogens with one attached hydrogen (secondary N) is 2. The minimum atomic E-state index is -0.986. The molecule has 0 bridgehead atoms. The first-order chi connectivity index (χ1) is 14.9. The summed E-state index contributed by atoms with van der Waals surface area (Å²) in [6.45, 7) is 1.81. The highest BCUT2D eigenvalue weighted by Gasteiger charge is 2.14. The van der Waals surface area contributed by atoms with E-state index in [4.69, 9.17) is 4.42 Å². The van der Waals surface area contributed by atoms with E-state index in [-0.39, 0.29) is 17.2 Å². The Morgan fingerprint density at radius 2 is 1.84 bits per heavy atom. The molecule has 3 aromatic heterocycles. The Morgan fingerprint density at radius 3 is 2.55 bits per heavy atom. The van der Waals surface area contributed by atoms with Crippen LogP contribution in [0.3, 0.4) is 0 Å². The van der Waals surface area contributed by atoms with Crippen LogP contribution in [0.2, 0.25) is 0 Å². The molecule has 0 fully saturated rings. The summed E-state index contributed by atoms with van der Waals surface area (Å²) in [6, 6.07) is 14.3. The summed E-state index contributed by atoms with van der Waals surface area (Å²) in [5.74, 6) is -1.02. The van der Waals surface area contributed by atoms with Crippen molar-refractivity contribution < 1.29 is 19.1 Å². The second kappa shape index (κ2) is 8.19. The lowest BCUT2D eigenvalue weighted by Crippen LogP contribution is -2.12. The van der Waals surface area contributed by atoms with Crippen LogP contribution >= 0.6 is 0 Å². The van der Waals surface area contributed by atoms with Crippen LogP contribution in [0.4, 0.5) is 17.1 Å². The average Bonchev–Trinajstić information content (AvgIpc) is 3.34. The average molecular weight is 416 g/mol. The maximum atomic E-state index is 12.4. The third kappa shape index (κ3) is 4.32. The van der Waals surface area contributed by atoms with Gasteiger partial charge >= 0.3 is 5.97 Å². The number of aryl methyl sites for hydroxylation is 2. The van der Waals surface area contributed by atoms with Gasteiger partial charge in [0, 0.05) is 42.1 Å². The van der Waals surface area contributed by atoms with Gasteiger partial charge in [0.2, 0.25) is 0 Å². The number of aromatic nitrogens is 2. The number of furan rings is 1. The van der Waals surface area contributed by atoms with Crippen LogP contribution in [0.25, 0.3) is 11.4 Å². The smallest absolute Gasteiger partial charge is 0.337 e. The number of benzene rings is 1. The fraction of sp³-hybridized carbons (Fsp3) is 0.0870.